The van der Waals surface area contributed by atoms with Gasteiger partial charge in [0.1, 0.15) is 29.6 Å². The molecule has 0 radical (unpaired) electrons. The average molecular weight is 688 g/mol. The van der Waals surface area contributed by atoms with E-state index in [1.54, 1.807) is 60.6 Å². The molecule has 0 spiro atoms. The van der Waals surface area contributed by atoms with E-state index in [1.807, 2.05) is 6.26 Å². The van der Waals surface area contributed by atoms with Crippen molar-refractivity contribution in [3.05, 3.63) is 24.2 Å². The van der Waals surface area contributed by atoms with E-state index in [1.165, 1.54) is 29.5 Å². The van der Waals surface area contributed by atoms with Gasteiger partial charge in [0.15, 0.2) is 18.0 Å². The number of nitrogens with one attached hydrogen (secondary N) is 1. The number of nitrogens with two attached hydrogens (primary N) is 1. The second-order valence-electron chi connectivity index (χ2n) is 12.1. The van der Waals surface area contributed by atoms with Gasteiger partial charge in [-0.1, -0.05) is 27.7 Å². The van der Waals surface area contributed by atoms with Crippen LogP contribution in [0.3, 0.4) is 0 Å². The number of esters is 3. The third-order valence-corrected chi connectivity index (χ3v) is 9.23. The smallest absolute Gasteiger partial charge is 0.406 e. The molecule has 3 rings (SSSR count). The van der Waals surface area contributed by atoms with Crippen molar-refractivity contribution in [3.63, 3.8) is 0 Å². The molecular weight excluding hydrogens is 641 g/mol. The number of carbonyl (C=O) groups excluding carboxylic acids is 3. The Morgan fingerprint density at radius 2 is 1.72 bits per heavy atom. The Balaban J connectivity index is 2.05. The predicted molar refractivity (Wildman–Crippen MR) is 171 cm³/mol. The van der Waals surface area contributed by atoms with Gasteiger partial charge < -0.3 is 24.7 Å². The van der Waals surface area contributed by atoms with Crippen LogP contribution < -0.4 is 10.8 Å². The van der Waals surface area contributed by atoms with Gasteiger partial charge in [0.05, 0.1) is 36.8 Å². The maximum Gasteiger partial charge on any atom is 0.406 e. The number of rotatable bonds is 16. The van der Waals surface area contributed by atoms with Crippen molar-refractivity contribution >= 4 is 48.8 Å². The Kier molecular flexibility index (Phi) is 13.0. The lowest BCUT2D eigenvalue weighted by molar-refractivity contribution is -0.175. The highest BCUT2D eigenvalue weighted by molar-refractivity contribution is 7.98. The summed E-state index contributed by atoms with van der Waals surface area (Å²) < 4.78 is 50.8. The SMILES string of the molecule is CSCCOP(=O)(N[C@@H](C)C(=O)OC(C)C)OC[C@@]1(C)O[C@@H](c2ccc3c(N)ncnn23)[C@H](OC(=O)C(C)C)[C@@H]1OC(=O)C(C)C. The minimum Gasteiger partial charge on any atom is -0.462 e. The van der Waals surface area contributed by atoms with Crippen LogP contribution in [-0.2, 0) is 46.9 Å². The minimum atomic E-state index is -4.20. The molecule has 0 aromatic carbocycles. The van der Waals surface area contributed by atoms with E-state index in [0.717, 1.165) is 0 Å². The highest BCUT2D eigenvalue weighted by Gasteiger charge is 2.59. The minimum absolute atomic E-state index is 0.0370. The number of hydrogen-bond acceptors (Lipinski definition) is 14. The highest BCUT2D eigenvalue weighted by atomic mass is 32.2. The molecule has 1 aliphatic rings. The van der Waals surface area contributed by atoms with Crippen LogP contribution in [0.25, 0.3) is 5.52 Å². The van der Waals surface area contributed by atoms with Crippen molar-refractivity contribution in [2.24, 2.45) is 11.8 Å². The Bertz CT molecular complexity index is 1420. The highest BCUT2D eigenvalue weighted by Crippen LogP contribution is 2.50. The summed E-state index contributed by atoms with van der Waals surface area (Å²) in [4.78, 5) is 42.6. The summed E-state index contributed by atoms with van der Waals surface area (Å²) in [6.07, 6.45) is -0.719. The van der Waals surface area contributed by atoms with E-state index in [-0.39, 0.29) is 12.4 Å². The second kappa shape index (κ2) is 15.9. The van der Waals surface area contributed by atoms with Crippen molar-refractivity contribution in [3.8, 4) is 0 Å². The van der Waals surface area contributed by atoms with Gasteiger partial charge in [-0.15, -0.1) is 0 Å². The Hall–Kier alpha value is -2.75. The summed E-state index contributed by atoms with van der Waals surface area (Å²) in [5.74, 6) is -2.15. The summed E-state index contributed by atoms with van der Waals surface area (Å²) in [5.41, 5.74) is 5.42. The van der Waals surface area contributed by atoms with Gasteiger partial charge >= 0.3 is 25.7 Å². The molecule has 46 heavy (non-hydrogen) atoms. The number of hydrogen-bond donors (Lipinski definition) is 2. The molecule has 1 unspecified atom stereocenters. The number of carbonyl (C=O) groups is 3. The quantitative estimate of drug-likeness (QED) is 0.112. The topological polar surface area (TPSA) is 192 Å². The summed E-state index contributed by atoms with van der Waals surface area (Å²) in [6.45, 7) is 12.7. The molecular formula is C29H46N5O10PS. The van der Waals surface area contributed by atoms with Gasteiger partial charge in [-0.25, -0.2) is 19.2 Å². The summed E-state index contributed by atoms with van der Waals surface area (Å²) >= 11 is 1.46. The first-order chi connectivity index (χ1) is 21.5. The van der Waals surface area contributed by atoms with Crippen molar-refractivity contribution in [1.82, 2.24) is 19.7 Å². The predicted octanol–water partition coefficient (Wildman–Crippen LogP) is 3.71. The molecule has 0 saturated carbocycles. The molecule has 17 heteroatoms. The van der Waals surface area contributed by atoms with Crippen LogP contribution in [0.1, 0.15) is 67.2 Å². The van der Waals surface area contributed by atoms with Crippen LogP contribution in [-0.4, -0.2) is 87.7 Å². The molecule has 2 aromatic rings. The van der Waals surface area contributed by atoms with Gasteiger partial charge in [0.2, 0.25) is 0 Å². The lowest BCUT2D eigenvalue weighted by Gasteiger charge is -2.33. The van der Waals surface area contributed by atoms with Gasteiger partial charge in [-0.3, -0.25) is 23.4 Å². The fraction of sp³-hybridized carbons (Fsp3) is 0.690. The van der Waals surface area contributed by atoms with Crippen LogP contribution in [0.5, 0.6) is 0 Å². The summed E-state index contributed by atoms with van der Waals surface area (Å²) in [7, 11) is -4.20. The van der Waals surface area contributed by atoms with Crippen LogP contribution >= 0.6 is 19.5 Å². The number of ether oxygens (including phenoxy) is 4. The van der Waals surface area contributed by atoms with Gasteiger partial charge in [0, 0.05) is 5.75 Å². The first-order valence-corrected chi connectivity index (χ1v) is 18.0. The standard InChI is InChI=1S/C29H46N5O10PS/c1-16(2)26(35)42-23-22(20-10-11-21-25(30)31-15-32-34(20)21)44-29(8,24(23)43-27(36)17(3)4)14-40-45(38,39-12-13-46-9)33-19(7)28(37)41-18(5)6/h10-11,15-19,22-24H,12-14H2,1-9H3,(H,33,38)(H2,30,31,32)/t19-,22-,23-,24-,29+,45?/m0/s1. The van der Waals surface area contributed by atoms with Crippen LogP contribution in [0, 0.1) is 11.8 Å². The third kappa shape index (κ3) is 9.20. The van der Waals surface area contributed by atoms with E-state index in [4.69, 9.17) is 33.7 Å². The zero-order valence-corrected chi connectivity index (χ0v) is 29.5. The largest absolute Gasteiger partial charge is 0.462 e. The number of nitrogen functional groups attached to an aromatic ring is 1. The van der Waals surface area contributed by atoms with Crippen LogP contribution in [0.15, 0.2) is 18.5 Å². The fourth-order valence-electron chi connectivity index (χ4n) is 4.50. The number of fused-ring (bicyclic) bond motifs is 1. The molecule has 3 heterocycles. The average Bonchev–Trinajstić information content (AvgIpc) is 3.52. The molecule has 1 aliphatic heterocycles. The lowest BCUT2D eigenvalue weighted by Crippen LogP contribution is -2.49. The molecule has 0 amide bonds. The van der Waals surface area contributed by atoms with Crippen molar-refractivity contribution in [1.29, 1.82) is 0 Å². The lowest BCUT2D eigenvalue weighted by atomic mass is 9.95. The maximum absolute atomic E-state index is 14.0. The van der Waals surface area contributed by atoms with Gasteiger partial charge in [-0.2, -0.15) is 16.9 Å². The molecule has 1 fully saturated rings. The van der Waals surface area contributed by atoms with E-state index in [9.17, 15) is 18.9 Å². The van der Waals surface area contributed by atoms with Crippen molar-refractivity contribution < 1.29 is 46.9 Å². The third-order valence-electron chi connectivity index (χ3n) is 6.96. The zero-order chi connectivity index (χ0) is 34.4. The van der Waals surface area contributed by atoms with E-state index in [0.29, 0.717) is 17.0 Å². The number of thioether (sulfide) groups is 1. The molecule has 6 atom stereocenters. The number of anilines is 1. The first kappa shape index (κ1) is 37.7. The maximum atomic E-state index is 14.0. The number of nitrogens with zero attached hydrogens (tertiary/aromatic N) is 3. The molecule has 0 bridgehead atoms. The Morgan fingerprint density at radius 1 is 1.07 bits per heavy atom. The van der Waals surface area contributed by atoms with Gasteiger partial charge in [-0.05, 0) is 46.1 Å². The van der Waals surface area contributed by atoms with E-state index >= 15 is 0 Å². The molecule has 15 nitrogen and oxygen atoms in total. The monoisotopic (exact) mass is 687 g/mol. The Labute approximate surface area is 273 Å². The summed E-state index contributed by atoms with van der Waals surface area (Å²) in [6, 6.07) is 2.32. The molecule has 2 aromatic heterocycles. The van der Waals surface area contributed by atoms with Crippen LogP contribution in [0.4, 0.5) is 5.82 Å². The molecule has 258 valence electrons. The van der Waals surface area contributed by atoms with Crippen molar-refractivity contribution in [2.45, 2.75) is 91.4 Å². The van der Waals surface area contributed by atoms with E-state index in [2.05, 4.69) is 15.2 Å². The Morgan fingerprint density at radius 3 is 2.33 bits per heavy atom. The number of aromatic nitrogens is 3. The second-order valence-corrected chi connectivity index (χ2v) is 14.8. The summed E-state index contributed by atoms with van der Waals surface area (Å²) in [5, 5.41) is 6.94. The zero-order valence-electron chi connectivity index (χ0n) is 27.8. The van der Waals surface area contributed by atoms with Crippen molar-refractivity contribution in [2.75, 3.05) is 31.0 Å². The molecule has 1 saturated heterocycles. The first-order valence-electron chi connectivity index (χ1n) is 15.0. The normalized spacial score (nSPS) is 23.5. The van der Waals surface area contributed by atoms with Gasteiger partial charge in [0.25, 0.3) is 0 Å². The van der Waals surface area contributed by atoms with Crippen LogP contribution in [0.2, 0.25) is 0 Å². The molecule has 0 aliphatic carbocycles. The molecule has 3 N–H and O–H groups in total. The fourth-order valence-corrected chi connectivity index (χ4v) is 6.44. The van der Waals surface area contributed by atoms with E-state index < -0.39 is 80.2 Å².